The summed E-state index contributed by atoms with van der Waals surface area (Å²) in [7, 11) is 0. The van der Waals surface area contributed by atoms with Gasteiger partial charge in [-0.15, -0.1) is 10.2 Å². The van der Waals surface area contributed by atoms with Crippen LogP contribution in [0, 0.1) is 13.8 Å². The van der Waals surface area contributed by atoms with Crippen molar-refractivity contribution in [2.45, 2.75) is 39.9 Å². The van der Waals surface area contributed by atoms with Crippen molar-refractivity contribution in [3.05, 3.63) is 82.0 Å². The van der Waals surface area contributed by atoms with Crippen LogP contribution in [0.25, 0.3) is 5.65 Å². The highest BCUT2D eigenvalue weighted by molar-refractivity contribution is 6.31. The van der Waals surface area contributed by atoms with E-state index in [1.54, 1.807) is 0 Å². The van der Waals surface area contributed by atoms with E-state index in [9.17, 15) is 0 Å². The Balaban J connectivity index is 1.51. The number of hydrogen-bond donors (Lipinski definition) is 1. The third kappa shape index (κ3) is 3.53. The van der Waals surface area contributed by atoms with Gasteiger partial charge in [0, 0.05) is 29.0 Å². The molecular weight excluding hydrogens is 372 g/mol. The molecule has 1 unspecified atom stereocenters. The molecule has 0 saturated heterocycles. The Morgan fingerprint density at radius 1 is 1.07 bits per heavy atom. The number of halogens is 1. The topological polar surface area (TPSA) is 60.0 Å². The third-order valence-electron chi connectivity index (χ3n) is 5.12. The van der Waals surface area contributed by atoms with Crippen LogP contribution in [0.3, 0.4) is 0 Å². The SMILES string of the molecule is Cc1nn(Cc2ccccc2Cl)c(C)c1CNC(C)c1nnc2ccccn12. The van der Waals surface area contributed by atoms with Gasteiger partial charge in [0.2, 0.25) is 0 Å². The summed E-state index contributed by atoms with van der Waals surface area (Å²) in [6, 6.07) is 13.9. The number of benzene rings is 1. The standard InChI is InChI=1S/C21H23ClN6/c1-14-18(16(3)28(26-14)13-17-8-4-5-9-19(17)22)12-23-15(2)21-25-24-20-10-6-7-11-27(20)21/h4-11,15,23H,12-13H2,1-3H3. The monoisotopic (exact) mass is 394 g/mol. The molecule has 1 N–H and O–H groups in total. The Hall–Kier alpha value is -2.70. The van der Waals surface area contributed by atoms with Gasteiger partial charge in [0.05, 0.1) is 18.3 Å². The normalized spacial score (nSPS) is 12.6. The Morgan fingerprint density at radius 2 is 1.86 bits per heavy atom. The van der Waals surface area contributed by atoms with E-state index >= 15 is 0 Å². The summed E-state index contributed by atoms with van der Waals surface area (Å²) in [6.07, 6.45) is 1.99. The second-order valence-corrected chi connectivity index (χ2v) is 7.40. The number of rotatable bonds is 6. The van der Waals surface area contributed by atoms with Crippen molar-refractivity contribution in [3.63, 3.8) is 0 Å². The highest BCUT2D eigenvalue weighted by Crippen LogP contribution is 2.20. The molecule has 0 amide bonds. The van der Waals surface area contributed by atoms with Crippen LogP contribution in [0.2, 0.25) is 5.02 Å². The van der Waals surface area contributed by atoms with E-state index in [4.69, 9.17) is 16.7 Å². The zero-order chi connectivity index (χ0) is 19.7. The maximum absolute atomic E-state index is 6.31. The summed E-state index contributed by atoms with van der Waals surface area (Å²) in [4.78, 5) is 0. The van der Waals surface area contributed by atoms with Crippen molar-refractivity contribution in [1.29, 1.82) is 0 Å². The molecule has 0 bridgehead atoms. The zero-order valence-electron chi connectivity index (χ0n) is 16.2. The number of aryl methyl sites for hydroxylation is 1. The van der Waals surface area contributed by atoms with Crippen molar-refractivity contribution in [1.82, 2.24) is 29.7 Å². The van der Waals surface area contributed by atoms with Gasteiger partial charge in [-0.05, 0) is 44.5 Å². The van der Waals surface area contributed by atoms with Gasteiger partial charge in [-0.1, -0.05) is 35.9 Å². The smallest absolute Gasteiger partial charge is 0.160 e. The van der Waals surface area contributed by atoms with Crippen LogP contribution in [0.5, 0.6) is 0 Å². The Labute approximate surface area is 169 Å². The summed E-state index contributed by atoms with van der Waals surface area (Å²) < 4.78 is 4.03. The number of fused-ring (bicyclic) bond motifs is 1. The lowest BCUT2D eigenvalue weighted by atomic mass is 10.1. The lowest BCUT2D eigenvalue weighted by Gasteiger charge is -2.13. The number of nitrogens with one attached hydrogen (secondary N) is 1. The first kappa shape index (κ1) is 18.7. The molecule has 6 nitrogen and oxygen atoms in total. The molecule has 0 saturated carbocycles. The Bertz CT molecular complexity index is 1110. The quantitative estimate of drug-likeness (QED) is 0.535. The first-order valence-corrected chi connectivity index (χ1v) is 9.71. The van der Waals surface area contributed by atoms with E-state index in [2.05, 4.69) is 29.4 Å². The van der Waals surface area contributed by atoms with Crippen LogP contribution in [0.1, 0.15) is 41.3 Å². The van der Waals surface area contributed by atoms with Crippen LogP contribution >= 0.6 is 11.6 Å². The Morgan fingerprint density at radius 3 is 2.68 bits per heavy atom. The van der Waals surface area contributed by atoms with Gasteiger partial charge >= 0.3 is 0 Å². The van der Waals surface area contributed by atoms with E-state index < -0.39 is 0 Å². The first-order valence-electron chi connectivity index (χ1n) is 9.34. The molecule has 0 aliphatic rings. The van der Waals surface area contributed by atoms with Gasteiger partial charge in [-0.25, -0.2) is 0 Å². The highest BCUT2D eigenvalue weighted by atomic mass is 35.5. The van der Waals surface area contributed by atoms with Crippen molar-refractivity contribution in [2.24, 2.45) is 0 Å². The van der Waals surface area contributed by atoms with E-state index in [1.807, 2.05) is 64.7 Å². The maximum atomic E-state index is 6.31. The zero-order valence-corrected chi connectivity index (χ0v) is 17.0. The summed E-state index contributed by atoms with van der Waals surface area (Å²) >= 11 is 6.31. The Kier molecular flexibility index (Phi) is 5.15. The van der Waals surface area contributed by atoms with Gasteiger partial charge in [0.15, 0.2) is 11.5 Å². The maximum Gasteiger partial charge on any atom is 0.160 e. The summed E-state index contributed by atoms with van der Waals surface area (Å²) in [5.74, 6) is 0.898. The molecule has 1 atom stereocenters. The fraction of sp³-hybridized carbons (Fsp3) is 0.286. The first-order chi connectivity index (χ1) is 13.5. The van der Waals surface area contributed by atoms with Crippen LogP contribution in [0.15, 0.2) is 48.7 Å². The molecule has 0 aliphatic carbocycles. The molecule has 0 radical (unpaired) electrons. The van der Waals surface area contributed by atoms with E-state index in [0.29, 0.717) is 13.1 Å². The molecule has 28 heavy (non-hydrogen) atoms. The molecule has 3 aromatic heterocycles. The van der Waals surface area contributed by atoms with Crippen molar-refractivity contribution in [2.75, 3.05) is 0 Å². The fourth-order valence-corrected chi connectivity index (χ4v) is 3.63. The van der Waals surface area contributed by atoms with Crippen molar-refractivity contribution < 1.29 is 0 Å². The van der Waals surface area contributed by atoms with E-state index in [0.717, 1.165) is 33.4 Å². The summed E-state index contributed by atoms with van der Waals surface area (Å²) in [5, 5.41) is 17.6. The number of aromatic nitrogens is 5. The van der Waals surface area contributed by atoms with E-state index in [-0.39, 0.29) is 6.04 Å². The van der Waals surface area contributed by atoms with Crippen molar-refractivity contribution in [3.8, 4) is 0 Å². The molecule has 1 aromatic carbocycles. The third-order valence-corrected chi connectivity index (χ3v) is 5.49. The van der Waals surface area contributed by atoms with Gasteiger partial charge < -0.3 is 5.32 Å². The molecule has 4 aromatic rings. The molecule has 4 rings (SSSR count). The minimum atomic E-state index is 0.0584. The average Bonchev–Trinajstić information content (AvgIpc) is 3.23. The number of hydrogen-bond acceptors (Lipinski definition) is 4. The summed E-state index contributed by atoms with van der Waals surface area (Å²) in [5.41, 5.74) is 5.29. The predicted octanol–water partition coefficient (Wildman–Crippen LogP) is 4.10. The molecule has 0 aliphatic heterocycles. The molecule has 0 fully saturated rings. The largest absolute Gasteiger partial charge is 0.303 e. The van der Waals surface area contributed by atoms with Crippen LogP contribution in [-0.2, 0) is 13.1 Å². The highest BCUT2D eigenvalue weighted by Gasteiger charge is 2.16. The second-order valence-electron chi connectivity index (χ2n) is 6.99. The minimum Gasteiger partial charge on any atom is -0.303 e. The molecule has 0 spiro atoms. The molecule has 7 heteroatoms. The van der Waals surface area contributed by atoms with Crippen LogP contribution in [-0.4, -0.2) is 24.4 Å². The van der Waals surface area contributed by atoms with Crippen LogP contribution < -0.4 is 5.32 Å². The summed E-state index contributed by atoms with van der Waals surface area (Å²) in [6.45, 7) is 7.62. The number of pyridine rings is 1. The fourth-order valence-electron chi connectivity index (χ4n) is 3.43. The van der Waals surface area contributed by atoms with Gasteiger partial charge in [-0.2, -0.15) is 5.10 Å². The van der Waals surface area contributed by atoms with Crippen LogP contribution in [0.4, 0.5) is 0 Å². The molecule has 3 heterocycles. The lowest BCUT2D eigenvalue weighted by Crippen LogP contribution is -2.21. The molecular formula is C21H23ClN6. The lowest BCUT2D eigenvalue weighted by molar-refractivity contribution is 0.539. The minimum absolute atomic E-state index is 0.0584. The van der Waals surface area contributed by atoms with Gasteiger partial charge in [0.25, 0.3) is 0 Å². The second kappa shape index (κ2) is 7.73. The predicted molar refractivity (Wildman–Crippen MR) is 110 cm³/mol. The van der Waals surface area contributed by atoms with Gasteiger partial charge in [-0.3, -0.25) is 9.08 Å². The molecule has 144 valence electrons. The van der Waals surface area contributed by atoms with E-state index in [1.165, 1.54) is 5.56 Å². The van der Waals surface area contributed by atoms with Crippen molar-refractivity contribution >= 4 is 17.2 Å². The number of nitrogens with zero attached hydrogens (tertiary/aromatic N) is 5. The van der Waals surface area contributed by atoms with Gasteiger partial charge in [0.1, 0.15) is 0 Å². The average molecular weight is 395 g/mol.